The molecular formula is C9H12ClFN2. The van der Waals surface area contributed by atoms with Crippen molar-refractivity contribution < 1.29 is 4.39 Å². The highest BCUT2D eigenvalue weighted by Crippen LogP contribution is 2.23. The predicted octanol–water partition coefficient (Wildman–Crippen LogP) is 1.83. The molecule has 0 unspecified atom stereocenters. The summed E-state index contributed by atoms with van der Waals surface area (Å²) in [7, 11) is 0. The van der Waals surface area contributed by atoms with Crippen molar-refractivity contribution >= 4 is 11.6 Å². The molecular weight excluding hydrogens is 191 g/mol. The van der Waals surface area contributed by atoms with Crippen LogP contribution in [0.3, 0.4) is 0 Å². The third-order valence-electron chi connectivity index (χ3n) is 1.86. The van der Waals surface area contributed by atoms with Gasteiger partial charge in [0.05, 0.1) is 5.02 Å². The first-order valence-corrected chi connectivity index (χ1v) is 4.44. The summed E-state index contributed by atoms with van der Waals surface area (Å²) < 4.78 is 13.3. The molecule has 0 spiro atoms. The topological polar surface area (TPSA) is 52.0 Å². The minimum absolute atomic E-state index is 0.102. The average molecular weight is 203 g/mol. The molecule has 0 fully saturated rings. The minimum atomic E-state index is -0.440. The lowest BCUT2D eigenvalue weighted by molar-refractivity contribution is 0.567. The van der Waals surface area contributed by atoms with E-state index < -0.39 is 5.82 Å². The van der Waals surface area contributed by atoms with Crippen LogP contribution in [0.4, 0.5) is 4.39 Å². The van der Waals surface area contributed by atoms with Gasteiger partial charge in [0.15, 0.2) is 0 Å². The van der Waals surface area contributed by atoms with E-state index in [0.29, 0.717) is 18.5 Å². The van der Waals surface area contributed by atoms with Gasteiger partial charge in [0.1, 0.15) is 5.82 Å². The summed E-state index contributed by atoms with van der Waals surface area (Å²) in [6.07, 6.45) is 0.553. The van der Waals surface area contributed by atoms with Crippen molar-refractivity contribution in [1.82, 2.24) is 0 Å². The smallest absolute Gasteiger partial charge is 0.146 e. The number of benzene rings is 1. The van der Waals surface area contributed by atoms with Crippen LogP contribution in [-0.4, -0.2) is 6.54 Å². The van der Waals surface area contributed by atoms with Crippen molar-refractivity contribution in [2.75, 3.05) is 6.54 Å². The van der Waals surface area contributed by atoms with E-state index in [-0.39, 0.29) is 11.1 Å². The summed E-state index contributed by atoms with van der Waals surface area (Å²) in [4.78, 5) is 0. The second-order valence-electron chi connectivity index (χ2n) is 2.83. The summed E-state index contributed by atoms with van der Waals surface area (Å²) in [6.45, 7) is 0.438. The summed E-state index contributed by atoms with van der Waals surface area (Å²) in [6, 6.07) is 4.43. The number of halogens is 2. The Morgan fingerprint density at radius 3 is 2.77 bits per heavy atom. The SMILES string of the molecule is NCC[C@H](N)c1cccc(Cl)c1F. The van der Waals surface area contributed by atoms with Crippen LogP contribution in [-0.2, 0) is 0 Å². The van der Waals surface area contributed by atoms with Gasteiger partial charge in [-0.15, -0.1) is 0 Å². The third kappa shape index (κ3) is 2.40. The van der Waals surface area contributed by atoms with Crippen LogP contribution >= 0.6 is 11.6 Å². The lowest BCUT2D eigenvalue weighted by atomic mass is 10.0. The Morgan fingerprint density at radius 2 is 2.15 bits per heavy atom. The average Bonchev–Trinajstić information content (AvgIpc) is 2.10. The van der Waals surface area contributed by atoms with Crippen LogP contribution in [0.25, 0.3) is 0 Å². The first kappa shape index (κ1) is 10.4. The van der Waals surface area contributed by atoms with Crippen molar-refractivity contribution in [2.45, 2.75) is 12.5 Å². The van der Waals surface area contributed by atoms with E-state index in [1.165, 1.54) is 6.07 Å². The zero-order chi connectivity index (χ0) is 9.84. The van der Waals surface area contributed by atoms with Gasteiger partial charge in [-0.25, -0.2) is 4.39 Å². The minimum Gasteiger partial charge on any atom is -0.330 e. The number of hydrogen-bond acceptors (Lipinski definition) is 2. The van der Waals surface area contributed by atoms with Crippen LogP contribution < -0.4 is 11.5 Å². The summed E-state index contributed by atoms with van der Waals surface area (Å²) in [5, 5.41) is 0.102. The Bertz CT molecular complexity index is 291. The zero-order valence-corrected chi connectivity index (χ0v) is 7.89. The highest BCUT2D eigenvalue weighted by Gasteiger charge is 2.12. The van der Waals surface area contributed by atoms with Crippen LogP contribution in [0.2, 0.25) is 5.02 Å². The fraction of sp³-hybridized carbons (Fsp3) is 0.333. The van der Waals surface area contributed by atoms with E-state index in [1.807, 2.05) is 0 Å². The van der Waals surface area contributed by atoms with Gasteiger partial charge in [0.25, 0.3) is 0 Å². The molecule has 4 N–H and O–H groups in total. The van der Waals surface area contributed by atoms with E-state index in [9.17, 15) is 4.39 Å². The summed E-state index contributed by atoms with van der Waals surface area (Å²) in [5.41, 5.74) is 11.4. The van der Waals surface area contributed by atoms with Gasteiger partial charge in [-0.2, -0.15) is 0 Å². The molecule has 1 atom stereocenters. The van der Waals surface area contributed by atoms with Gasteiger partial charge >= 0.3 is 0 Å². The second kappa shape index (κ2) is 4.56. The third-order valence-corrected chi connectivity index (χ3v) is 2.15. The molecule has 0 radical (unpaired) electrons. The van der Waals surface area contributed by atoms with E-state index in [0.717, 1.165) is 0 Å². The van der Waals surface area contributed by atoms with Crippen molar-refractivity contribution in [2.24, 2.45) is 11.5 Å². The van der Waals surface area contributed by atoms with E-state index >= 15 is 0 Å². The van der Waals surface area contributed by atoms with Gasteiger partial charge < -0.3 is 11.5 Å². The molecule has 13 heavy (non-hydrogen) atoms. The Labute approximate surface area is 81.7 Å². The molecule has 0 bridgehead atoms. The Kier molecular flexibility index (Phi) is 3.66. The standard InChI is InChI=1S/C9H12ClFN2/c10-7-3-1-2-6(9(7)11)8(13)4-5-12/h1-3,8H,4-5,12-13H2/t8-/m0/s1. The second-order valence-corrected chi connectivity index (χ2v) is 3.23. The van der Waals surface area contributed by atoms with Crippen molar-refractivity contribution in [3.8, 4) is 0 Å². The fourth-order valence-electron chi connectivity index (χ4n) is 1.14. The molecule has 0 aromatic heterocycles. The predicted molar refractivity (Wildman–Crippen MR) is 52.0 cm³/mol. The quantitative estimate of drug-likeness (QED) is 0.786. The summed E-state index contributed by atoms with van der Waals surface area (Å²) in [5.74, 6) is -0.440. The molecule has 2 nitrogen and oxygen atoms in total. The normalized spacial score (nSPS) is 12.9. The van der Waals surface area contributed by atoms with Crippen molar-refractivity contribution in [3.63, 3.8) is 0 Å². The van der Waals surface area contributed by atoms with Crippen LogP contribution in [0.1, 0.15) is 18.0 Å². The highest BCUT2D eigenvalue weighted by atomic mass is 35.5. The molecule has 0 aliphatic carbocycles. The van der Waals surface area contributed by atoms with E-state index in [2.05, 4.69) is 0 Å². The van der Waals surface area contributed by atoms with Gasteiger partial charge in [-0.05, 0) is 19.0 Å². The van der Waals surface area contributed by atoms with Gasteiger partial charge in [-0.3, -0.25) is 0 Å². The molecule has 0 amide bonds. The monoisotopic (exact) mass is 202 g/mol. The molecule has 1 rings (SSSR count). The van der Waals surface area contributed by atoms with Crippen LogP contribution in [0.5, 0.6) is 0 Å². The largest absolute Gasteiger partial charge is 0.330 e. The molecule has 0 saturated carbocycles. The maximum absolute atomic E-state index is 13.3. The van der Waals surface area contributed by atoms with Crippen LogP contribution in [0.15, 0.2) is 18.2 Å². The molecule has 1 aromatic carbocycles. The highest BCUT2D eigenvalue weighted by molar-refractivity contribution is 6.30. The lowest BCUT2D eigenvalue weighted by Gasteiger charge is -2.11. The molecule has 1 aromatic rings. The maximum atomic E-state index is 13.3. The summed E-state index contributed by atoms with van der Waals surface area (Å²) >= 11 is 5.60. The van der Waals surface area contributed by atoms with Gasteiger partial charge in [0.2, 0.25) is 0 Å². The van der Waals surface area contributed by atoms with Crippen molar-refractivity contribution in [1.29, 1.82) is 0 Å². The van der Waals surface area contributed by atoms with Gasteiger partial charge in [-0.1, -0.05) is 23.7 Å². The molecule has 0 heterocycles. The lowest BCUT2D eigenvalue weighted by Crippen LogP contribution is -2.16. The first-order valence-electron chi connectivity index (χ1n) is 4.06. The molecule has 0 aliphatic rings. The Balaban J connectivity index is 2.93. The van der Waals surface area contributed by atoms with Gasteiger partial charge in [0, 0.05) is 11.6 Å². The first-order chi connectivity index (χ1) is 6.16. The molecule has 0 aliphatic heterocycles. The van der Waals surface area contributed by atoms with E-state index in [1.54, 1.807) is 12.1 Å². The van der Waals surface area contributed by atoms with E-state index in [4.69, 9.17) is 23.1 Å². The van der Waals surface area contributed by atoms with Crippen LogP contribution in [0, 0.1) is 5.82 Å². The fourth-order valence-corrected chi connectivity index (χ4v) is 1.32. The Morgan fingerprint density at radius 1 is 1.46 bits per heavy atom. The molecule has 72 valence electrons. The Hall–Kier alpha value is -0.640. The zero-order valence-electron chi connectivity index (χ0n) is 7.13. The number of rotatable bonds is 3. The number of nitrogens with two attached hydrogens (primary N) is 2. The number of hydrogen-bond donors (Lipinski definition) is 2. The molecule has 0 saturated heterocycles. The molecule has 4 heteroatoms. The maximum Gasteiger partial charge on any atom is 0.146 e. The van der Waals surface area contributed by atoms with Crippen molar-refractivity contribution in [3.05, 3.63) is 34.6 Å².